The number of carbonyl (C=O) groups excluding carboxylic acids is 1. The Morgan fingerprint density at radius 3 is 2.32 bits per heavy atom. The summed E-state index contributed by atoms with van der Waals surface area (Å²) in [5.74, 6) is 0.862. The fraction of sp³-hybridized carbons (Fsp3) is 0.938. The lowest BCUT2D eigenvalue weighted by molar-refractivity contribution is -0.150. The van der Waals surface area contributed by atoms with Crippen LogP contribution in [0.1, 0.15) is 65.7 Å². The summed E-state index contributed by atoms with van der Waals surface area (Å²) < 4.78 is 5.23. The second kappa shape index (κ2) is 8.57. The van der Waals surface area contributed by atoms with Crippen molar-refractivity contribution in [3.05, 3.63) is 0 Å². The van der Waals surface area contributed by atoms with Gasteiger partial charge in [-0.25, -0.2) is 0 Å². The SMILES string of the molecule is CCCC(C(=O)OCC)N(C)C1CCC(CC)CC1. The summed E-state index contributed by atoms with van der Waals surface area (Å²) in [6, 6.07) is 0.511. The number of rotatable bonds is 7. The zero-order chi connectivity index (χ0) is 14.3. The lowest BCUT2D eigenvalue weighted by Crippen LogP contribution is -2.46. The monoisotopic (exact) mass is 269 g/mol. The first-order valence-corrected chi connectivity index (χ1v) is 8.02. The summed E-state index contributed by atoms with van der Waals surface area (Å²) in [5, 5.41) is 0. The minimum absolute atomic E-state index is 0.0375. The van der Waals surface area contributed by atoms with Crippen LogP contribution in [0.4, 0.5) is 0 Å². The number of esters is 1. The zero-order valence-electron chi connectivity index (χ0n) is 13.2. The number of carbonyl (C=O) groups is 1. The van der Waals surface area contributed by atoms with Gasteiger partial charge in [-0.2, -0.15) is 0 Å². The molecule has 0 N–H and O–H groups in total. The van der Waals surface area contributed by atoms with Crippen LogP contribution in [-0.2, 0) is 9.53 Å². The van der Waals surface area contributed by atoms with Crippen LogP contribution in [0.15, 0.2) is 0 Å². The third kappa shape index (κ3) is 4.79. The van der Waals surface area contributed by atoms with Gasteiger partial charge in [-0.05, 0) is 52.0 Å². The van der Waals surface area contributed by atoms with Crippen molar-refractivity contribution in [3.63, 3.8) is 0 Å². The molecule has 0 aromatic heterocycles. The Hall–Kier alpha value is -0.570. The highest BCUT2D eigenvalue weighted by Gasteiger charge is 2.31. The van der Waals surface area contributed by atoms with Crippen molar-refractivity contribution in [2.45, 2.75) is 77.8 Å². The molecule has 0 bridgehead atoms. The van der Waals surface area contributed by atoms with Crippen LogP contribution in [0.25, 0.3) is 0 Å². The van der Waals surface area contributed by atoms with Gasteiger partial charge in [-0.1, -0.05) is 26.7 Å². The molecule has 1 atom stereocenters. The molecular weight excluding hydrogens is 238 g/mol. The summed E-state index contributed by atoms with van der Waals surface area (Å²) >= 11 is 0. The van der Waals surface area contributed by atoms with Gasteiger partial charge in [0.05, 0.1) is 6.61 Å². The smallest absolute Gasteiger partial charge is 0.323 e. The molecule has 1 unspecified atom stereocenters. The van der Waals surface area contributed by atoms with Gasteiger partial charge >= 0.3 is 5.97 Å². The number of hydrogen-bond acceptors (Lipinski definition) is 3. The van der Waals surface area contributed by atoms with Crippen LogP contribution in [-0.4, -0.2) is 36.6 Å². The summed E-state index contributed by atoms with van der Waals surface area (Å²) in [4.78, 5) is 14.4. The summed E-state index contributed by atoms with van der Waals surface area (Å²) in [5.41, 5.74) is 0. The molecule has 0 aromatic rings. The average molecular weight is 269 g/mol. The summed E-state index contributed by atoms with van der Waals surface area (Å²) in [6.45, 7) is 6.78. The Morgan fingerprint density at radius 1 is 1.21 bits per heavy atom. The van der Waals surface area contributed by atoms with Crippen LogP contribution in [0.2, 0.25) is 0 Å². The van der Waals surface area contributed by atoms with Crippen molar-refractivity contribution in [2.24, 2.45) is 5.92 Å². The highest BCUT2D eigenvalue weighted by Crippen LogP contribution is 2.30. The second-order valence-electron chi connectivity index (χ2n) is 5.80. The average Bonchev–Trinajstić information content (AvgIpc) is 2.44. The number of hydrogen-bond donors (Lipinski definition) is 0. The third-order valence-electron chi connectivity index (χ3n) is 4.58. The van der Waals surface area contributed by atoms with E-state index in [2.05, 4.69) is 25.8 Å². The van der Waals surface area contributed by atoms with E-state index in [-0.39, 0.29) is 12.0 Å². The molecule has 1 aliphatic carbocycles. The Morgan fingerprint density at radius 2 is 1.84 bits per heavy atom. The fourth-order valence-corrected chi connectivity index (χ4v) is 3.21. The van der Waals surface area contributed by atoms with Crippen LogP contribution in [0.5, 0.6) is 0 Å². The van der Waals surface area contributed by atoms with Crippen molar-refractivity contribution in [1.82, 2.24) is 4.90 Å². The molecule has 1 fully saturated rings. The highest BCUT2D eigenvalue weighted by molar-refractivity contribution is 5.75. The molecule has 1 aliphatic rings. The van der Waals surface area contributed by atoms with Crippen LogP contribution < -0.4 is 0 Å². The summed E-state index contributed by atoms with van der Waals surface area (Å²) in [6.07, 6.45) is 8.32. The minimum atomic E-state index is -0.0480. The Kier molecular flexibility index (Phi) is 7.44. The predicted molar refractivity (Wildman–Crippen MR) is 79.1 cm³/mol. The lowest BCUT2D eigenvalue weighted by atomic mass is 9.83. The van der Waals surface area contributed by atoms with Crippen molar-refractivity contribution < 1.29 is 9.53 Å². The van der Waals surface area contributed by atoms with E-state index < -0.39 is 0 Å². The first-order chi connectivity index (χ1) is 9.13. The van der Waals surface area contributed by atoms with Crippen molar-refractivity contribution in [3.8, 4) is 0 Å². The quantitative estimate of drug-likeness (QED) is 0.661. The molecule has 112 valence electrons. The van der Waals surface area contributed by atoms with Crippen LogP contribution in [0.3, 0.4) is 0 Å². The van der Waals surface area contributed by atoms with Gasteiger partial charge in [0.1, 0.15) is 6.04 Å². The Labute approximate surface area is 118 Å². The molecule has 19 heavy (non-hydrogen) atoms. The van der Waals surface area contributed by atoms with Gasteiger partial charge in [0, 0.05) is 6.04 Å². The number of ether oxygens (including phenoxy) is 1. The van der Waals surface area contributed by atoms with E-state index in [1.165, 1.54) is 32.1 Å². The van der Waals surface area contributed by atoms with E-state index >= 15 is 0 Å². The van der Waals surface area contributed by atoms with Gasteiger partial charge < -0.3 is 4.74 Å². The van der Waals surface area contributed by atoms with Gasteiger partial charge in [-0.3, -0.25) is 9.69 Å². The molecule has 3 nitrogen and oxygen atoms in total. The van der Waals surface area contributed by atoms with E-state index in [0.29, 0.717) is 12.6 Å². The molecule has 0 spiro atoms. The topological polar surface area (TPSA) is 29.5 Å². The van der Waals surface area contributed by atoms with Crippen molar-refractivity contribution >= 4 is 5.97 Å². The molecule has 1 saturated carbocycles. The summed E-state index contributed by atoms with van der Waals surface area (Å²) in [7, 11) is 2.11. The zero-order valence-corrected chi connectivity index (χ0v) is 13.2. The molecular formula is C16H31NO2. The van der Waals surface area contributed by atoms with Gasteiger partial charge in [0.25, 0.3) is 0 Å². The molecule has 0 saturated heterocycles. The Balaban J connectivity index is 2.56. The first kappa shape index (κ1) is 16.5. The highest BCUT2D eigenvalue weighted by atomic mass is 16.5. The van der Waals surface area contributed by atoms with E-state index in [0.717, 1.165) is 18.8 Å². The van der Waals surface area contributed by atoms with Crippen molar-refractivity contribution in [1.29, 1.82) is 0 Å². The standard InChI is InChI=1S/C16H31NO2/c1-5-8-15(16(18)19-7-3)17(4)14-11-9-13(6-2)10-12-14/h13-15H,5-12H2,1-4H3. The largest absolute Gasteiger partial charge is 0.465 e. The van der Waals surface area contributed by atoms with E-state index in [4.69, 9.17) is 4.74 Å². The fourth-order valence-electron chi connectivity index (χ4n) is 3.21. The maximum absolute atomic E-state index is 12.1. The maximum atomic E-state index is 12.1. The lowest BCUT2D eigenvalue weighted by Gasteiger charge is -2.38. The minimum Gasteiger partial charge on any atom is -0.465 e. The predicted octanol–water partition coefficient (Wildman–Crippen LogP) is 3.62. The van der Waals surface area contributed by atoms with Crippen LogP contribution >= 0.6 is 0 Å². The third-order valence-corrected chi connectivity index (χ3v) is 4.58. The maximum Gasteiger partial charge on any atom is 0.323 e. The van der Waals surface area contributed by atoms with Gasteiger partial charge in [-0.15, -0.1) is 0 Å². The van der Waals surface area contributed by atoms with E-state index in [9.17, 15) is 4.79 Å². The van der Waals surface area contributed by atoms with E-state index in [1.54, 1.807) is 0 Å². The number of likely N-dealkylation sites (N-methyl/N-ethyl adjacent to an activating group) is 1. The molecule has 0 heterocycles. The molecule has 1 rings (SSSR count). The molecule has 3 heteroatoms. The van der Waals surface area contributed by atoms with Crippen molar-refractivity contribution in [2.75, 3.05) is 13.7 Å². The normalized spacial score (nSPS) is 25.3. The molecule has 0 aliphatic heterocycles. The first-order valence-electron chi connectivity index (χ1n) is 8.02. The van der Waals surface area contributed by atoms with E-state index in [1.807, 2.05) is 6.92 Å². The molecule has 0 amide bonds. The van der Waals surface area contributed by atoms with Gasteiger partial charge in [0.2, 0.25) is 0 Å². The van der Waals surface area contributed by atoms with Gasteiger partial charge in [0.15, 0.2) is 0 Å². The van der Waals surface area contributed by atoms with Crippen LogP contribution in [0, 0.1) is 5.92 Å². The second-order valence-corrected chi connectivity index (χ2v) is 5.80. The Bertz CT molecular complexity index is 259. The molecule has 0 radical (unpaired) electrons. The molecule has 0 aromatic carbocycles. The number of nitrogens with zero attached hydrogens (tertiary/aromatic N) is 1.